The van der Waals surface area contributed by atoms with Crippen molar-refractivity contribution in [3.05, 3.63) is 30.6 Å². The highest BCUT2D eigenvalue weighted by atomic mass is 15.2. The summed E-state index contributed by atoms with van der Waals surface area (Å²) in [4.78, 5) is 8.60. The maximum atomic E-state index is 4.55. The van der Waals surface area contributed by atoms with Crippen molar-refractivity contribution in [2.75, 3.05) is 11.9 Å². The van der Waals surface area contributed by atoms with E-state index in [4.69, 9.17) is 0 Å². The average molecular weight is 275 g/mol. The predicted molar refractivity (Wildman–Crippen MR) is 81.8 cm³/mol. The highest BCUT2D eigenvalue weighted by Gasteiger charge is 2.05. The number of aryl methyl sites for hydroxylation is 3. The Morgan fingerprint density at radius 2 is 2.05 bits per heavy atom. The van der Waals surface area contributed by atoms with Crippen molar-refractivity contribution < 1.29 is 0 Å². The topological polar surface area (TPSA) is 47.7 Å². The summed E-state index contributed by atoms with van der Waals surface area (Å²) in [5.41, 5.74) is 1.07. The molecule has 0 bridgehead atoms. The molecule has 0 aliphatic carbocycles. The number of nitrogens with one attached hydrogen (secondary N) is 1. The van der Waals surface area contributed by atoms with Crippen molar-refractivity contribution in [2.45, 2.75) is 46.7 Å². The Labute approximate surface area is 121 Å². The first-order valence-corrected chi connectivity index (χ1v) is 7.38. The second kappa shape index (κ2) is 7.12. The van der Waals surface area contributed by atoms with E-state index in [1.54, 1.807) is 0 Å². The fourth-order valence-electron chi connectivity index (χ4n) is 2.15. The molecule has 0 aliphatic heterocycles. The van der Waals surface area contributed by atoms with Gasteiger partial charge in [0.25, 0.3) is 0 Å². The molecular formula is C15H25N5. The fourth-order valence-corrected chi connectivity index (χ4v) is 2.15. The van der Waals surface area contributed by atoms with Gasteiger partial charge in [-0.1, -0.05) is 13.8 Å². The lowest BCUT2D eigenvalue weighted by Crippen LogP contribution is -2.13. The van der Waals surface area contributed by atoms with Gasteiger partial charge in [-0.05, 0) is 25.7 Å². The number of imidazole rings is 2. The van der Waals surface area contributed by atoms with Crippen molar-refractivity contribution in [3.63, 3.8) is 0 Å². The Morgan fingerprint density at radius 1 is 1.25 bits per heavy atom. The first-order chi connectivity index (χ1) is 9.65. The largest absolute Gasteiger partial charge is 0.355 e. The van der Waals surface area contributed by atoms with Crippen LogP contribution in [0, 0.1) is 12.8 Å². The van der Waals surface area contributed by atoms with E-state index in [0.29, 0.717) is 5.92 Å². The van der Waals surface area contributed by atoms with Gasteiger partial charge in [-0.2, -0.15) is 0 Å². The second-order valence-corrected chi connectivity index (χ2v) is 5.68. The fraction of sp³-hybridized carbons (Fsp3) is 0.600. The molecule has 0 spiro atoms. The van der Waals surface area contributed by atoms with E-state index in [2.05, 4.69) is 44.5 Å². The number of rotatable bonds is 8. The summed E-state index contributed by atoms with van der Waals surface area (Å²) in [6.45, 7) is 9.46. The normalized spacial score (nSPS) is 11.2. The van der Waals surface area contributed by atoms with Crippen LogP contribution in [0.3, 0.4) is 0 Å². The second-order valence-electron chi connectivity index (χ2n) is 5.68. The first kappa shape index (κ1) is 14.6. The summed E-state index contributed by atoms with van der Waals surface area (Å²) in [6, 6.07) is 0. The van der Waals surface area contributed by atoms with E-state index < -0.39 is 0 Å². The molecular weight excluding hydrogens is 250 g/mol. The minimum Gasteiger partial charge on any atom is -0.355 e. The van der Waals surface area contributed by atoms with Gasteiger partial charge in [0.1, 0.15) is 0 Å². The third-order valence-corrected chi connectivity index (χ3v) is 3.19. The van der Waals surface area contributed by atoms with Gasteiger partial charge in [-0.25, -0.2) is 9.97 Å². The molecule has 0 aromatic carbocycles. The molecule has 0 saturated heterocycles. The molecule has 20 heavy (non-hydrogen) atoms. The summed E-state index contributed by atoms with van der Waals surface area (Å²) in [5, 5.41) is 3.42. The molecule has 0 aliphatic rings. The monoisotopic (exact) mass is 275 g/mol. The van der Waals surface area contributed by atoms with Crippen LogP contribution in [-0.4, -0.2) is 25.6 Å². The van der Waals surface area contributed by atoms with Crippen molar-refractivity contribution in [1.82, 2.24) is 19.1 Å². The van der Waals surface area contributed by atoms with Crippen molar-refractivity contribution >= 4 is 5.95 Å². The van der Waals surface area contributed by atoms with Crippen LogP contribution < -0.4 is 5.32 Å². The Bertz CT molecular complexity index is 498. The highest BCUT2D eigenvalue weighted by molar-refractivity contribution is 5.28. The Morgan fingerprint density at radius 3 is 2.75 bits per heavy atom. The van der Waals surface area contributed by atoms with Gasteiger partial charge in [0.2, 0.25) is 5.95 Å². The van der Waals surface area contributed by atoms with Gasteiger partial charge >= 0.3 is 0 Å². The third-order valence-electron chi connectivity index (χ3n) is 3.19. The van der Waals surface area contributed by atoms with E-state index in [0.717, 1.165) is 44.1 Å². The van der Waals surface area contributed by atoms with Gasteiger partial charge in [-0.15, -0.1) is 0 Å². The van der Waals surface area contributed by atoms with E-state index in [-0.39, 0.29) is 0 Å². The standard InChI is InChI=1S/C15H25N5/c1-13(2)10-17-15-18-14(3)11-20(15)8-5-4-7-19-9-6-16-12-19/h6,9,11-13H,4-5,7-8,10H2,1-3H3,(H,17,18). The zero-order valence-electron chi connectivity index (χ0n) is 12.7. The lowest BCUT2D eigenvalue weighted by Gasteiger charge is -2.11. The Hall–Kier alpha value is -1.78. The van der Waals surface area contributed by atoms with Gasteiger partial charge in [0.15, 0.2) is 0 Å². The number of unbranched alkanes of at least 4 members (excludes halogenated alkanes) is 1. The number of hydrogen-bond acceptors (Lipinski definition) is 3. The predicted octanol–water partition coefficient (Wildman–Crippen LogP) is 2.94. The van der Waals surface area contributed by atoms with Gasteiger partial charge < -0.3 is 14.5 Å². The minimum atomic E-state index is 0.627. The lowest BCUT2D eigenvalue weighted by molar-refractivity contribution is 0.553. The molecule has 2 aromatic heterocycles. The summed E-state index contributed by atoms with van der Waals surface area (Å²) >= 11 is 0. The van der Waals surface area contributed by atoms with Crippen LogP contribution in [0.15, 0.2) is 24.9 Å². The van der Waals surface area contributed by atoms with E-state index >= 15 is 0 Å². The van der Waals surface area contributed by atoms with Crippen molar-refractivity contribution in [2.24, 2.45) is 5.92 Å². The zero-order valence-corrected chi connectivity index (χ0v) is 12.7. The average Bonchev–Trinajstić information content (AvgIpc) is 3.02. The van der Waals surface area contributed by atoms with Crippen LogP contribution in [0.2, 0.25) is 0 Å². The zero-order chi connectivity index (χ0) is 14.4. The molecule has 5 nitrogen and oxygen atoms in total. The molecule has 0 amide bonds. The summed E-state index contributed by atoms with van der Waals surface area (Å²) in [7, 11) is 0. The van der Waals surface area contributed by atoms with Crippen LogP contribution in [0.5, 0.6) is 0 Å². The van der Waals surface area contributed by atoms with Crippen molar-refractivity contribution in [3.8, 4) is 0 Å². The van der Waals surface area contributed by atoms with Gasteiger partial charge in [-0.3, -0.25) is 0 Å². The molecule has 5 heteroatoms. The molecule has 0 saturated carbocycles. The van der Waals surface area contributed by atoms with Crippen LogP contribution in [-0.2, 0) is 13.1 Å². The molecule has 0 unspecified atom stereocenters. The van der Waals surface area contributed by atoms with Crippen LogP contribution in [0.1, 0.15) is 32.4 Å². The smallest absolute Gasteiger partial charge is 0.203 e. The summed E-state index contributed by atoms with van der Waals surface area (Å²) < 4.78 is 4.35. The van der Waals surface area contributed by atoms with Crippen LogP contribution in [0.25, 0.3) is 0 Å². The quantitative estimate of drug-likeness (QED) is 0.754. The SMILES string of the molecule is Cc1cn(CCCCn2ccnc2)c(NCC(C)C)n1. The number of anilines is 1. The minimum absolute atomic E-state index is 0.627. The molecule has 0 atom stereocenters. The molecule has 110 valence electrons. The molecule has 1 N–H and O–H groups in total. The Kier molecular flexibility index (Phi) is 5.21. The maximum absolute atomic E-state index is 4.55. The molecule has 0 radical (unpaired) electrons. The van der Waals surface area contributed by atoms with E-state index in [1.165, 1.54) is 0 Å². The molecule has 2 aromatic rings. The third kappa shape index (κ3) is 4.40. The van der Waals surface area contributed by atoms with Gasteiger partial charge in [0, 0.05) is 38.2 Å². The van der Waals surface area contributed by atoms with E-state index in [9.17, 15) is 0 Å². The summed E-state index contributed by atoms with van der Waals surface area (Å²) in [5.74, 6) is 1.63. The first-order valence-electron chi connectivity index (χ1n) is 7.38. The maximum Gasteiger partial charge on any atom is 0.203 e. The summed E-state index contributed by atoms with van der Waals surface area (Å²) in [6.07, 6.45) is 10.1. The van der Waals surface area contributed by atoms with Crippen LogP contribution >= 0.6 is 0 Å². The highest BCUT2D eigenvalue weighted by Crippen LogP contribution is 2.11. The number of hydrogen-bond donors (Lipinski definition) is 1. The molecule has 2 rings (SSSR count). The lowest BCUT2D eigenvalue weighted by atomic mass is 10.2. The van der Waals surface area contributed by atoms with Gasteiger partial charge in [0.05, 0.1) is 12.0 Å². The molecule has 0 fully saturated rings. The van der Waals surface area contributed by atoms with Crippen LogP contribution in [0.4, 0.5) is 5.95 Å². The number of aromatic nitrogens is 4. The van der Waals surface area contributed by atoms with E-state index in [1.807, 2.05) is 25.6 Å². The van der Waals surface area contributed by atoms with Crippen molar-refractivity contribution in [1.29, 1.82) is 0 Å². The Balaban J connectivity index is 1.79. The number of nitrogens with zero attached hydrogens (tertiary/aromatic N) is 4. The molecule has 2 heterocycles.